The Bertz CT molecular complexity index is 549. The van der Waals surface area contributed by atoms with Gasteiger partial charge in [0.1, 0.15) is 0 Å². The zero-order chi connectivity index (χ0) is 14.4. The van der Waals surface area contributed by atoms with Crippen LogP contribution in [0.15, 0.2) is 54.6 Å². The minimum absolute atomic E-state index is 0.198. The van der Waals surface area contributed by atoms with E-state index in [2.05, 4.69) is 5.32 Å². The Labute approximate surface area is 119 Å². The van der Waals surface area contributed by atoms with Crippen molar-refractivity contribution in [2.75, 3.05) is 6.61 Å². The molecule has 0 spiro atoms. The molecular formula is C17H19NO2. The van der Waals surface area contributed by atoms with E-state index in [-0.39, 0.29) is 6.04 Å². The maximum absolute atomic E-state index is 11.7. The first-order chi connectivity index (χ1) is 9.70. The highest BCUT2D eigenvalue weighted by atomic mass is 16.5. The largest absolute Gasteiger partial charge is 0.450 e. The minimum Gasteiger partial charge on any atom is -0.450 e. The lowest BCUT2D eigenvalue weighted by molar-refractivity contribution is 0.149. The summed E-state index contributed by atoms with van der Waals surface area (Å²) in [7, 11) is 0. The molecule has 0 saturated carbocycles. The summed E-state index contributed by atoms with van der Waals surface area (Å²) in [5.74, 6) is 0. The van der Waals surface area contributed by atoms with Gasteiger partial charge in [0.25, 0.3) is 0 Å². The third-order valence-corrected chi connectivity index (χ3v) is 3.08. The number of carbonyl (C=O) groups excluding carboxylic acids is 1. The van der Waals surface area contributed by atoms with Gasteiger partial charge in [0.15, 0.2) is 0 Å². The van der Waals surface area contributed by atoms with Crippen molar-refractivity contribution in [2.24, 2.45) is 0 Å². The summed E-state index contributed by atoms with van der Waals surface area (Å²) in [4.78, 5) is 11.7. The van der Waals surface area contributed by atoms with Crippen LogP contribution >= 0.6 is 0 Å². The number of rotatable bonds is 4. The van der Waals surface area contributed by atoms with Crippen LogP contribution in [0.2, 0.25) is 0 Å². The molecule has 1 unspecified atom stereocenters. The van der Waals surface area contributed by atoms with E-state index in [1.54, 1.807) is 6.92 Å². The van der Waals surface area contributed by atoms with Gasteiger partial charge in [-0.15, -0.1) is 0 Å². The van der Waals surface area contributed by atoms with Crippen LogP contribution in [-0.2, 0) is 4.74 Å². The number of hydrogen-bond donors (Lipinski definition) is 1. The molecule has 20 heavy (non-hydrogen) atoms. The summed E-state index contributed by atoms with van der Waals surface area (Å²) in [5, 5.41) is 2.91. The third-order valence-electron chi connectivity index (χ3n) is 3.08. The van der Waals surface area contributed by atoms with E-state index in [0.717, 1.165) is 11.1 Å². The van der Waals surface area contributed by atoms with Gasteiger partial charge in [-0.1, -0.05) is 60.2 Å². The molecule has 0 heterocycles. The summed E-state index contributed by atoms with van der Waals surface area (Å²) < 4.78 is 4.99. The van der Waals surface area contributed by atoms with E-state index in [1.807, 2.05) is 61.5 Å². The topological polar surface area (TPSA) is 38.3 Å². The Kier molecular flexibility index (Phi) is 4.77. The van der Waals surface area contributed by atoms with E-state index in [1.165, 1.54) is 5.56 Å². The van der Waals surface area contributed by atoms with Crippen molar-refractivity contribution in [3.8, 4) is 0 Å². The van der Waals surface area contributed by atoms with Crippen LogP contribution < -0.4 is 5.32 Å². The number of hydrogen-bond acceptors (Lipinski definition) is 2. The molecule has 2 aromatic rings. The molecule has 0 aliphatic carbocycles. The minimum atomic E-state index is -0.401. The third kappa shape index (κ3) is 3.60. The Morgan fingerprint density at radius 2 is 1.65 bits per heavy atom. The number of carbonyl (C=O) groups is 1. The predicted octanol–water partition coefficient (Wildman–Crippen LogP) is 3.83. The summed E-state index contributed by atoms with van der Waals surface area (Å²) in [5.41, 5.74) is 3.26. The van der Waals surface area contributed by atoms with E-state index in [4.69, 9.17) is 4.74 Å². The van der Waals surface area contributed by atoms with Crippen molar-refractivity contribution >= 4 is 6.09 Å². The molecule has 0 saturated heterocycles. The van der Waals surface area contributed by atoms with Gasteiger partial charge in [0, 0.05) is 0 Å². The molecule has 1 atom stereocenters. The van der Waals surface area contributed by atoms with Gasteiger partial charge in [0.2, 0.25) is 0 Å². The van der Waals surface area contributed by atoms with Gasteiger partial charge in [-0.3, -0.25) is 0 Å². The number of alkyl carbamates (subject to hydrolysis) is 1. The lowest BCUT2D eigenvalue weighted by Gasteiger charge is -2.19. The highest BCUT2D eigenvalue weighted by Gasteiger charge is 2.16. The van der Waals surface area contributed by atoms with E-state index < -0.39 is 6.09 Å². The SMILES string of the molecule is CCOC(=O)NC(c1ccccc1)c1ccc(C)cc1. The second-order valence-electron chi connectivity index (χ2n) is 4.62. The van der Waals surface area contributed by atoms with E-state index in [9.17, 15) is 4.79 Å². The first-order valence-electron chi connectivity index (χ1n) is 6.75. The normalized spacial score (nSPS) is 11.7. The fourth-order valence-electron chi connectivity index (χ4n) is 2.05. The Hall–Kier alpha value is -2.29. The van der Waals surface area contributed by atoms with Crippen LogP contribution in [0.5, 0.6) is 0 Å². The van der Waals surface area contributed by atoms with Crippen LogP contribution in [0.25, 0.3) is 0 Å². The molecule has 3 nitrogen and oxygen atoms in total. The van der Waals surface area contributed by atoms with Crippen LogP contribution in [0.3, 0.4) is 0 Å². The smallest absolute Gasteiger partial charge is 0.407 e. The molecule has 0 bridgehead atoms. The van der Waals surface area contributed by atoms with E-state index >= 15 is 0 Å². The van der Waals surface area contributed by atoms with E-state index in [0.29, 0.717) is 6.61 Å². The van der Waals surface area contributed by atoms with Crippen LogP contribution in [-0.4, -0.2) is 12.7 Å². The highest BCUT2D eigenvalue weighted by molar-refractivity contribution is 5.68. The van der Waals surface area contributed by atoms with Gasteiger partial charge in [-0.2, -0.15) is 0 Å². The van der Waals surface area contributed by atoms with Crippen molar-refractivity contribution < 1.29 is 9.53 Å². The molecule has 2 aromatic carbocycles. The zero-order valence-electron chi connectivity index (χ0n) is 11.8. The Morgan fingerprint density at radius 1 is 1.05 bits per heavy atom. The van der Waals surface area contributed by atoms with Gasteiger partial charge < -0.3 is 10.1 Å². The maximum Gasteiger partial charge on any atom is 0.407 e. The van der Waals surface area contributed by atoms with Gasteiger partial charge in [-0.05, 0) is 25.0 Å². The number of amides is 1. The number of nitrogens with one attached hydrogen (secondary N) is 1. The predicted molar refractivity (Wildman–Crippen MR) is 79.6 cm³/mol. The lowest BCUT2D eigenvalue weighted by atomic mass is 9.98. The zero-order valence-corrected chi connectivity index (χ0v) is 11.8. The molecule has 0 aromatic heterocycles. The van der Waals surface area contributed by atoms with Crippen LogP contribution in [0, 0.1) is 6.92 Å². The van der Waals surface area contributed by atoms with Crippen LogP contribution in [0.4, 0.5) is 4.79 Å². The molecule has 1 amide bonds. The fourth-order valence-corrected chi connectivity index (χ4v) is 2.05. The number of ether oxygens (including phenoxy) is 1. The molecule has 2 rings (SSSR count). The monoisotopic (exact) mass is 269 g/mol. The second-order valence-corrected chi connectivity index (χ2v) is 4.62. The van der Waals surface area contributed by atoms with Crippen molar-refractivity contribution in [2.45, 2.75) is 19.9 Å². The number of aryl methyl sites for hydroxylation is 1. The molecular weight excluding hydrogens is 250 g/mol. The van der Waals surface area contributed by atoms with Crippen molar-refractivity contribution in [1.29, 1.82) is 0 Å². The summed E-state index contributed by atoms with van der Waals surface area (Å²) >= 11 is 0. The average molecular weight is 269 g/mol. The molecule has 104 valence electrons. The summed E-state index contributed by atoms with van der Waals surface area (Å²) in [6, 6.07) is 17.8. The molecule has 3 heteroatoms. The Balaban J connectivity index is 2.29. The quantitative estimate of drug-likeness (QED) is 0.916. The first-order valence-corrected chi connectivity index (χ1v) is 6.75. The van der Waals surface area contributed by atoms with Gasteiger partial charge in [-0.25, -0.2) is 4.79 Å². The molecule has 0 aliphatic rings. The number of benzene rings is 2. The maximum atomic E-state index is 11.7. The van der Waals surface area contributed by atoms with Gasteiger partial charge >= 0.3 is 6.09 Å². The summed E-state index contributed by atoms with van der Waals surface area (Å²) in [6.45, 7) is 4.20. The second kappa shape index (κ2) is 6.75. The summed E-state index contributed by atoms with van der Waals surface area (Å²) in [6.07, 6.45) is -0.401. The molecule has 0 aliphatic heterocycles. The molecule has 1 N–H and O–H groups in total. The van der Waals surface area contributed by atoms with Crippen molar-refractivity contribution in [1.82, 2.24) is 5.32 Å². The van der Waals surface area contributed by atoms with Gasteiger partial charge in [0.05, 0.1) is 12.6 Å². The highest BCUT2D eigenvalue weighted by Crippen LogP contribution is 2.22. The lowest BCUT2D eigenvalue weighted by Crippen LogP contribution is -2.29. The fraction of sp³-hybridized carbons (Fsp3) is 0.235. The van der Waals surface area contributed by atoms with Crippen molar-refractivity contribution in [3.05, 3.63) is 71.3 Å². The first kappa shape index (κ1) is 14.1. The van der Waals surface area contributed by atoms with Crippen molar-refractivity contribution in [3.63, 3.8) is 0 Å². The molecule has 0 fully saturated rings. The Morgan fingerprint density at radius 3 is 2.25 bits per heavy atom. The molecule has 0 radical (unpaired) electrons. The van der Waals surface area contributed by atoms with Crippen LogP contribution in [0.1, 0.15) is 29.7 Å². The average Bonchev–Trinajstić information content (AvgIpc) is 2.47. The standard InChI is InChI=1S/C17H19NO2/c1-3-20-17(19)18-16(14-7-5-4-6-8-14)15-11-9-13(2)10-12-15/h4-12,16H,3H2,1-2H3,(H,18,19).